The Kier molecular flexibility index (Phi) is 3.80. The van der Waals surface area contributed by atoms with Gasteiger partial charge in [-0.3, -0.25) is 14.7 Å². The highest BCUT2D eigenvalue weighted by Crippen LogP contribution is 2.35. The third-order valence-corrected chi connectivity index (χ3v) is 4.93. The molecule has 3 heterocycles. The fourth-order valence-corrected chi connectivity index (χ4v) is 3.68. The number of nitrogens with one attached hydrogen (secondary N) is 1. The van der Waals surface area contributed by atoms with Crippen LogP contribution in [0.25, 0.3) is 0 Å². The Bertz CT molecular complexity index is 534. The summed E-state index contributed by atoms with van der Waals surface area (Å²) >= 11 is 0. The summed E-state index contributed by atoms with van der Waals surface area (Å²) in [6.45, 7) is 2.84. The van der Waals surface area contributed by atoms with Crippen LogP contribution in [0.3, 0.4) is 0 Å². The summed E-state index contributed by atoms with van der Waals surface area (Å²) < 4.78 is 5.99. The maximum Gasteiger partial charge on any atom is 0.271 e. The number of rotatable bonds is 4. The van der Waals surface area contributed by atoms with Gasteiger partial charge in [0.1, 0.15) is 5.69 Å². The number of aromatic nitrogens is 2. The van der Waals surface area contributed by atoms with Crippen molar-refractivity contribution in [3.05, 3.63) is 24.3 Å². The predicted molar refractivity (Wildman–Crippen MR) is 80.3 cm³/mol. The highest BCUT2D eigenvalue weighted by molar-refractivity contribution is 5.92. The average molecular weight is 302 g/mol. The Labute approximate surface area is 130 Å². The first-order chi connectivity index (χ1) is 10.8. The van der Waals surface area contributed by atoms with Crippen molar-refractivity contribution >= 4 is 5.91 Å². The molecule has 3 fully saturated rings. The van der Waals surface area contributed by atoms with Gasteiger partial charge >= 0.3 is 0 Å². The molecule has 0 spiro atoms. The van der Waals surface area contributed by atoms with Gasteiger partial charge < -0.3 is 10.1 Å². The quantitative estimate of drug-likeness (QED) is 0.893. The van der Waals surface area contributed by atoms with Crippen molar-refractivity contribution in [2.24, 2.45) is 5.92 Å². The maximum atomic E-state index is 12.3. The zero-order chi connectivity index (χ0) is 14.9. The molecule has 3 atom stereocenters. The summed E-state index contributed by atoms with van der Waals surface area (Å²) in [7, 11) is 0. The molecule has 6 heteroatoms. The van der Waals surface area contributed by atoms with Crippen LogP contribution >= 0.6 is 0 Å². The minimum absolute atomic E-state index is 0.0542. The second-order valence-electron chi connectivity index (χ2n) is 6.61. The van der Waals surface area contributed by atoms with Crippen LogP contribution in [0, 0.1) is 5.92 Å². The highest BCUT2D eigenvalue weighted by Gasteiger charge is 2.45. The molecule has 1 amide bonds. The van der Waals surface area contributed by atoms with E-state index in [1.165, 1.54) is 25.5 Å². The van der Waals surface area contributed by atoms with Crippen LogP contribution in [0.4, 0.5) is 0 Å². The van der Waals surface area contributed by atoms with Crippen LogP contribution < -0.4 is 5.32 Å². The van der Waals surface area contributed by atoms with E-state index < -0.39 is 0 Å². The van der Waals surface area contributed by atoms with Gasteiger partial charge in [-0.25, -0.2) is 4.98 Å². The van der Waals surface area contributed by atoms with Crippen LogP contribution in [0.5, 0.6) is 0 Å². The van der Waals surface area contributed by atoms with Crippen LogP contribution in [0.1, 0.15) is 36.2 Å². The zero-order valence-corrected chi connectivity index (χ0v) is 12.6. The smallest absolute Gasteiger partial charge is 0.271 e. The molecule has 1 aromatic heterocycles. The number of hydrogen-bond acceptors (Lipinski definition) is 5. The van der Waals surface area contributed by atoms with Crippen LogP contribution in [-0.2, 0) is 4.74 Å². The molecule has 118 valence electrons. The van der Waals surface area contributed by atoms with Gasteiger partial charge in [-0.2, -0.15) is 0 Å². The monoisotopic (exact) mass is 302 g/mol. The van der Waals surface area contributed by atoms with E-state index in [-0.39, 0.29) is 18.1 Å². The second-order valence-corrected chi connectivity index (χ2v) is 6.61. The third-order valence-electron chi connectivity index (χ3n) is 4.93. The molecule has 6 nitrogen and oxygen atoms in total. The summed E-state index contributed by atoms with van der Waals surface area (Å²) in [6.07, 6.45) is 9.74. The molecule has 1 aliphatic carbocycles. The molecular formula is C16H22N4O2. The molecule has 22 heavy (non-hydrogen) atoms. The van der Waals surface area contributed by atoms with Gasteiger partial charge in [0.25, 0.3) is 5.91 Å². The largest absolute Gasteiger partial charge is 0.374 e. The number of nitrogens with zero attached hydrogens (tertiary/aromatic N) is 3. The van der Waals surface area contributed by atoms with Crippen molar-refractivity contribution in [2.75, 3.05) is 19.7 Å². The van der Waals surface area contributed by atoms with Crippen LogP contribution in [-0.4, -0.2) is 58.7 Å². The molecule has 2 saturated heterocycles. The fourth-order valence-electron chi connectivity index (χ4n) is 3.68. The lowest BCUT2D eigenvalue weighted by Gasteiger charge is -2.32. The number of hydrogen-bond donors (Lipinski definition) is 1. The van der Waals surface area contributed by atoms with Crippen molar-refractivity contribution in [1.29, 1.82) is 0 Å². The van der Waals surface area contributed by atoms with Crippen LogP contribution in [0.2, 0.25) is 0 Å². The molecule has 1 N–H and O–H groups in total. The van der Waals surface area contributed by atoms with Crippen molar-refractivity contribution in [1.82, 2.24) is 20.2 Å². The van der Waals surface area contributed by atoms with E-state index in [4.69, 9.17) is 4.74 Å². The molecule has 1 aromatic rings. The molecule has 1 saturated carbocycles. The molecule has 0 aromatic carbocycles. The van der Waals surface area contributed by atoms with Crippen molar-refractivity contribution in [3.63, 3.8) is 0 Å². The minimum atomic E-state index is -0.153. The summed E-state index contributed by atoms with van der Waals surface area (Å²) in [5, 5.41) is 3.11. The third kappa shape index (κ3) is 2.85. The Balaban J connectivity index is 1.45. The number of amides is 1. The molecule has 0 radical (unpaired) electrons. The molecular weight excluding hydrogens is 280 g/mol. The van der Waals surface area contributed by atoms with E-state index in [9.17, 15) is 4.79 Å². The normalized spacial score (nSPS) is 31.7. The predicted octanol–water partition coefficient (Wildman–Crippen LogP) is 0.848. The average Bonchev–Trinajstić information content (AvgIpc) is 3.32. The lowest BCUT2D eigenvalue weighted by Crippen LogP contribution is -2.47. The first-order valence-corrected chi connectivity index (χ1v) is 8.24. The van der Waals surface area contributed by atoms with E-state index in [0.717, 1.165) is 32.0 Å². The molecule has 2 aliphatic heterocycles. The molecule has 4 rings (SSSR count). The van der Waals surface area contributed by atoms with Crippen molar-refractivity contribution in [2.45, 2.75) is 43.9 Å². The Hall–Kier alpha value is -1.53. The van der Waals surface area contributed by atoms with Gasteiger partial charge in [0.15, 0.2) is 0 Å². The Morgan fingerprint density at radius 2 is 2.27 bits per heavy atom. The second kappa shape index (κ2) is 5.93. The number of likely N-dealkylation sites (tertiary alicyclic amines) is 1. The zero-order valence-electron chi connectivity index (χ0n) is 12.6. The van der Waals surface area contributed by atoms with Gasteiger partial charge in [-0.15, -0.1) is 0 Å². The Morgan fingerprint density at radius 3 is 3.05 bits per heavy atom. The van der Waals surface area contributed by atoms with Gasteiger partial charge in [0, 0.05) is 38.1 Å². The standard InChI is InChI=1S/C16H22N4O2/c21-16(12-8-17-5-6-18-12)19-13-10-20(9-11-3-4-11)14-2-1-7-22-15(13)14/h5-6,8,11,13-15H,1-4,7,9-10H2,(H,19,21)/t13-,14-,15-/m0/s1. The number of carbonyl (C=O) groups is 1. The maximum absolute atomic E-state index is 12.3. The van der Waals surface area contributed by atoms with Gasteiger partial charge in [-0.05, 0) is 31.6 Å². The minimum Gasteiger partial charge on any atom is -0.374 e. The first kappa shape index (κ1) is 14.1. The summed E-state index contributed by atoms with van der Waals surface area (Å²) in [6, 6.07) is 0.514. The van der Waals surface area contributed by atoms with E-state index in [1.54, 1.807) is 12.4 Å². The SMILES string of the molecule is O=C(N[C@H]1CN(CC2CC2)[C@H]2CCCO[C@@H]12)c1cnccn1. The Morgan fingerprint density at radius 1 is 1.36 bits per heavy atom. The molecule has 0 bridgehead atoms. The summed E-state index contributed by atoms with van der Waals surface area (Å²) in [5.74, 6) is 0.705. The fraction of sp³-hybridized carbons (Fsp3) is 0.688. The first-order valence-electron chi connectivity index (χ1n) is 8.24. The van der Waals surface area contributed by atoms with E-state index in [1.807, 2.05) is 0 Å². The van der Waals surface area contributed by atoms with Crippen LogP contribution in [0.15, 0.2) is 18.6 Å². The summed E-state index contributed by atoms with van der Waals surface area (Å²) in [5.41, 5.74) is 0.371. The van der Waals surface area contributed by atoms with Gasteiger partial charge in [-0.1, -0.05) is 0 Å². The number of ether oxygens (including phenoxy) is 1. The van der Waals surface area contributed by atoms with Gasteiger partial charge in [0.05, 0.1) is 18.3 Å². The topological polar surface area (TPSA) is 67.4 Å². The number of fused-ring (bicyclic) bond motifs is 1. The number of carbonyl (C=O) groups excluding carboxylic acids is 1. The lowest BCUT2D eigenvalue weighted by molar-refractivity contribution is -0.0205. The lowest BCUT2D eigenvalue weighted by atomic mass is 10.0. The van der Waals surface area contributed by atoms with E-state index >= 15 is 0 Å². The van der Waals surface area contributed by atoms with Crippen molar-refractivity contribution < 1.29 is 9.53 Å². The van der Waals surface area contributed by atoms with E-state index in [2.05, 4.69) is 20.2 Å². The molecule has 0 unspecified atom stereocenters. The van der Waals surface area contributed by atoms with Crippen molar-refractivity contribution in [3.8, 4) is 0 Å². The van der Waals surface area contributed by atoms with E-state index in [0.29, 0.717) is 11.7 Å². The summed E-state index contributed by atoms with van der Waals surface area (Å²) in [4.78, 5) is 22.9. The van der Waals surface area contributed by atoms with Gasteiger partial charge in [0.2, 0.25) is 0 Å². The molecule has 3 aliphatic rings. The highest BCUT2D eigenvalue weighted by atomic mass is 16.5.